The van der Waals surface area contributed by atoms with Crippen molar-refractivity contribution < 1.29 is 22.0 Å². The molecule has 0 unspecified atom stereocenters. The highest BCUT2D eigenvalue weighted by molar-refractivity contribution is 7.99. The van der Waals surface area contributed by atoms with E-state index in [0.29, 0.717) is 48.4 Å². The third-order valence-electron chi connectivity index (χ3n) is 5.10. The van der Waals surface area contributed by atoms with Gasteiger partial charge in [-0.1, -0.05) is 37.7 Å². The zero-order chi connectivity index (χ0) is 22.6. The molecule has 2 aromatic rings. The Labute approximate surface area is 185 Å². The van der Waals surface area contributed by atoms with E-state index in [0.717, 1.165) is 11.3 Å². The van der Waals surface area contributed by atoms with Crippen molar-refractivity contribution in [3.63, 3.8) is 0 Å². The number of carbonyl (C=O) groups excluding carboxylic acids is 1. The van der Waals surface area contributed by atoms with Crippen molar-refractivity contribution >= 4 is 39.1 Å². The lowest BCUT2D eigenvalue weighted by atomic mass is 10.2. The van der Waals surface area contributed by atoms with Gasteiger partial charge in [-0.15, -0.1) is 0 Å². The number of para-hydroxylation sites is 1. The van der Waals surface area contributed by atoms with E-state index in [1.165, 1.54) is 10.4 Å². The van der Waals surface area contributed by atoms with Crippen LogP contribution in [0.15, 0.2) is 52.3 Å². The third-order valence-corrected chi connectivity index (χ3v) is 7.93. The molecule has 0 fully saturated rings. The number of nitrogens with zero attached hydrogens (tertiary/aromatic N) is 2. The van der Waals surface area contributed by atoms with Gasteiger partial charge in [-0.25, -0.2) is 8.42 Å². The van der Waals surface area contributed by atoms with Gasteiger partial charge < -0.3 is 10.2 Å². The normalized spacial score (nSPS) is 13.7. The average Bonchev–Trinajstić information content (AvgIpc) is 3.12. The number of hydrogen-bond acceptors (Lipinski definition) is 5. The van der Waals surface area contributed by atoms with Crippen molar-refractivity contribution in [3.05, 3.63) is 48.0 Å². The summed E-state index contributed by atoms with van der Waals surface area (Å²) in [6.45, 7) is 5.01. The molecule has 10 heteroatoms. The van der Waals surface area contributed by atoms with Crippen molar-refractivity contribution in [3.8, 4) is 0 Å². The number of amides is 1. The standard InChI is InChI=1S/C21H25F2N3O3S2/c1-3-26(4-2)31(28,29)16-9-10-18-15(13-16)11-12-25(18)14-20(27)24-17-7-5-6-8-19(17)30-21(22)23/h5-10,13,21H,3-4,11-12,14H2,1-2H3,(H,24,27). The predicted molar refractivity (Wildman–Crippen MR) is 119 cm³/mol. The molecule has 0 saturated heterocycles. The molecule has 0 radical (unpaired) electrons. The molecule has 0 atom stereocenters. The maximum atomic E-state index is 12.8. The predicted octanol–water partition coefficient (Wildman–Crippen LogP) is 4.03. The topological polar surface area (TPSA) is 69.7 Å². The first kappa shape index (κ1) is 23.5. The lowest BCUT2D eigenvalue weighted by Gasteiger charge is -2.21. The number of rotatable bonds is 9. The first-order valence-corrected chi connectivity index (χ1v) is 12.3. The van der Waals surface area contributed by atoms with Crippen molar-refractivity contribution in [1.82, 2.24) is 4.31 Å². The minimum atomic E-state index is -3.55. The summed E-state index contributed by atoms with van der Waals surface area (Å²) in [5.41, 5.74) is 2.02. The Kier molecular flexibility index (Phi) is 7.55. The number of carbonyl (C=O) groups is 1. The van der Waals surface area contributed by atoms with Gasteiger partial charge in [-0.2, -0.15) is 13.1 Å². The largest absolute Gasteiger partial charge is 0.362 e. The van der Waals surface area contributed by atoms with E-state index in [9.17, 15) is 22.0 Å². The Balaban J connectivity index is 1.72. The van der Waals surface area contributed by atoms with Crippen LogP contribution in [0.4, 0.5) is 20.2 Å². The van der Waals surface area contributed by atoms with Crippen LogP contribution in [0.5, 0.6) is 0 Å². The fourth-order valence-electron chi connectivity index (χ4n) is 3.62. The second kappa shape index (κ2) is 9.97. The van der Waals surface area contributed by atoms with E-state index in [4.69, 9.17) is 0 Å². The molecule has 3 rings (SSSR count). The van der Waals surface area contributed by atoms with Gasteiger partial charge in [0.15, 0.2) is 0 Å². The van der Waals surface area contributed by atoms with Crippen LogP contribution in [0.3, 0.4) is 0 Å². The van der Waals surface area contributed by atoms with Gasteiger partial charge in [0, 0.05) is 30.2 Å². The highest BCUT2D eigenvalue weighted by atomic mass is 32.2. The molecule has 6 nitrogen and oxygen atoms in total. The average molecular weight is 470 g/mol. The van der Waals surface area contributed by atoms with Gasteiger partial charge >= 0.3 is 0 Å². The molecule has 1 aliphatic rings. The van der Waals surface area contributed by atoms with Crippen LogP contribution in [0.25, 0.3) is 0 Å². The van der Waals surface area contributed by atoms with Crippen LogP contribution >= 0.6 is 11.8 Å². The molecule has 1 heterocycles. The molecule has 1 amide bonds. The summed E-state index contributed by atoms with van der Waals surface area (Å²) in [5, 5.41) is 2.70. The fraction of sp³-hybridized carbons (Fsp3) is 0.381. The van der Waals surface area contributed by atoms with Crippen molar-refractivity contribution in [2.45, 2.75) is 35.8 Å². The number of sulfonamides is 1. The number of nitrogens with one attached hydrogen (secondary N) is 1. The van der Waals surface area contributed by atoms with E-state index < -0.39 is 15.8 Å². The summed E-state index contributed by atoms with van der Waals surface area (Å²) in [7, 11) is -3.55. The van der Waals surface area contributed by atoms with Crippen LogP contribution in [0.1, 0.15) is 19.4 Å². The van der Waals surface area contributed by atoms with Gasteiger partial charge in [0.2, 0.25) is 15.9 Å². The van der Waals surface area contributed by atoms with E-state index >= 15 is 0 Å². The molecule has 0 bridgehead atoms. The van der Waals surface area contributed by atoms with Gasteiger partial charge in [-0.05, 0) is 42.3 Å². The van der Waals surface area contributed by atoms with Crippen molar-refractivity contribution in [1.29, 1.82) is 0 Å². The quantitative estimate of drug-likeness (QED) is 0.562. The first-order valence-electron chi connectivity index (χ1n) is 9.98. The third kappa shape index (κ3) is 5.36. The summed E-state index contributed by atoms with van der Waals surface area (Å²) in [4.78, 5) is 15.0. The van der Waals surface area contributed by atoms with Crippen molar-refractivity contribution in [2.24, 2.45) is 0 Å². The van der Waals surface area contributed by atoms with E-state index in [-0.39, 0.29) is 17.3 Å². The van der Waals surface area contributed by atoms with Crippen LogP contribution in [0, 0.1) is 0 Å². The lowest BCUT2D eigenvalue weighted by molar-refractivity contribution is -0.115. The zero-order valence-electron chi connectivity index (χ0n) is 17.3. The Hall–Kier alpha value is -2.17. The molecule has 168 valence electrons. The number of halogens is 2. The smallest absolute Gasteiger partial charge is 0.288 e. The number of benzene rings is 2. The monoisotopic (exact) mass is 469 g/mol. The first-order chi connectivity index (χ1) is 14.8. The maximum absolute atomic E-state index is 12.8. The van der Waals surface area contributed by atoms with E-state index in [1.807, 2.05) is 4.90 Å². The summed E-state index contributed by atoms with van der Waals surface area (Å²) >= 11 is 0.386. The van der Waals surface area contributed by atoms with Crippen LogP contribution < -0.4 is 10.2 Å². The van der Waals surface area contributed by atoms with Gasteiger partial charge in [0.1, 0.15) is 0 Å². The molecule has 2 aromatic carbocycles. The Morgan fingerprint density at radius 3 is 2.58 bits per heavy atom. The number of hydrogen-bond donors (Lipinski definition) is 1. The maximum Gasteiger partial charge on any atom is 0.288 e. The van der Waals surface area contributed by atoms with Crippen LogP contribution in [-0.2, 0) is 21.2 Å². The molecule has 0 spiro atoms. The number of anilines is 2. The van der Waals surface area contributed by atoms with Gasteiger partial charge in [0.25, 0.3) is 5.76 Å². The summed E-state index contributed by atoms with van der Waals surface area (Å²) in [6, 6.07) is 11.4. The SMILES string of the molecule is CCN(CC)S(=O)(=O)c1ccc2c(c1)CCN2CC(=O)Nc1ccccc1SC(F)F. The summed E-state index contributed by atoms with van der Waals surface area (Å²) in [5.74, 6) is -2.90. The van der Waals surface area contributed by atoms with Gasteiger partial charge in [0.05, 0.1) is 17.1 Å². The second-order valence-corrected chi connectivity index (χ2v) is 9.94. The Bertz CT molecular complexity index is 1040. The molecule has 1 N–H and O–H groups in total. The molecule has 0 aromatic heterocycles. The minimum Gasteiger partial charge on any atom is -0.362 e. The molecular formula is C21H25F2N3O3S2. The fourth-order valence-corrected chi connectivity index (χ4v) is 5.72. The summed E-state index contributed by atoms with van der Waals surface area (Å²) < 4.78 is 52.4. The number of fused-ring (bicyclic) bond motifs is 1. The highest BCUT2D eigenvalue weighted by Crippen LogP contribution is 2.33. The van der Waals surface area contributed by atoms with Crippen molar-refractivity contribution in [2.75, 3.05) is 36.4 Å². The molecule has 31 heavy (non-hydrogen) atoms. The molecule has 0 aliphatic carbocycles. The second-order valence-electron chi connectivity index (χ2n) is 6.97. The highest BCUT2D eigenvalue weighted by Gasteiger charge is 2.26. The number of thioether (sulfide) groups is 1. The minimum absolute atomic E-state index is 0.0445. The zero-order valence-corrected chi connectivity index (χ0v) is 19.0. The van der Waals surface area contributed by atoms with E-state index in [1.54, 1.807) is 50.2 Å². The number of alkyl halides is 2. The Morgan fingerprint density at radius 2 is 1.90 bits per heavy atom. The van der Waals surface area contributed by atoms with Gasteiger partial charge in [-0.3, -0.25) is 4.79 Å². The molecule has 1 aliphatic heterocycles. The molecular weight excluding hydrogens is 444 g/mol. The Morgan fingerprint density at radius 1 is 1.19 bits per heavy atom. The lowest BCUT2D eigenvalue weighted by Crippen LogP contribution is -2.32. The summed E-state index contributed by atoms with van der Waals surface area (Å²) in [6.07, 6.45) is 0.627. The van der Waals surface area contributed by atoms with Crippen LogP contribution in [-0.4, -0.2) is 50.6 Å². The van der Waals surface area contributed by atoms with Crippen LogP contribution in [0.2, 0.25) is 0 Å². The molecule has 0 saturated carbocycles. The van der Waals surface area contributed by atoms with E-state index in [2.05, 4.69) is 5.32 Å².